The lowest BCUT2D eigenvalue weighted by Crippen LogP contribution is -2.62. The highest BCUT2D eigenvalue weighted by molar-refractivity contribution is 5.12. The van der Waals surface area contributed by atoms with Gasteiger partial charge in [0.25, 0.3) is 6.23 Å². The topological polar surface area (TPSA) is 127 Å². The molecule has 6 atom stereocenters. The molecule has 0 amide bonds. The first-order valence-corrected chi connectivity index (χ1v) is 8.48. The van der Waals surface area contributed by atoms with Gasteiger partial charge in [-0.25, -0.2) is 0 Å². The Kier molecular flexibility index (Phi) is 5.60. The van der Waals surface area contributed by atoms with E-state index in [1.54, 1.807) is 23.0 Å². The Hall–Kier alpha value is -1.65. The summed E-state index contributed by atoms with van der Waals surface area (Å²) in [4.78, 5) is 11.1. The molecule has 9 nitrogen and oxygen atoms in total. The molecule has 1 aromatic rings. The second kappa shape index (κ2) is 7.71. The van der Waals surface area contributed by atoms with Crippen LogP contribution in [0.15, 0.2) is 29.8 Å². The van der Waals surface area contributed by atoms with E-state index < -0.39 is 37.3 Å². The van der Waals surface area contributed by atoms with E-state index in [2.05, 4.69) is 5.29 Å². The van der Waals surface area contributed by atoms with Crippen molar-refractivity contribution in [2.24, 2.45) is 5.29 Å². The van der Waals surface area contributed by atoms with Gasteiger partial charge in [0.1, 0.15) is 18.3 Å². The Morgan fingerprint density at radius 3 is 2.76 bits per heavy atom. The van der Waals surface area contributed by atoms with E-state index in [1.807, 2.05) is 6.07 Å². The van der Waals surface area contributed by atoms with Crippen LogP contribution in [0.2, 0.25) is 0 Å². The molecule has 3 heterocycles. The van der Waals surface area contributed by atoms with Gasteiger partial charge in [-0.1, -0.05) is 0 Å². The molecule has 0 aromatic carbocycles. The van der Waals surface area contributed by atoms with Gasteiger partial charge in [0.15, 0.2) is 18.5 Å². The van der Waals surface area contributed by atoms with Crippen molar-refractivity contribution >= 4 is 0 Å². The lowest BCUT2D eigenvalue weighted by atomic mass is 9.97. The van der Waals surface area contributed by atoms with Crippen LogP contribution in [-0.4, -0.2) is 63.0 Å². The molecule has 2 fully saturated rings. The predicted molar refractivity (Wildman–Crippen MR) is 84.7 cm³/mol. The van der Waals surface area contributed by atoms with Crippen LogP contribution in [0.4, 0.5) is 0 Å². The predicted octanol–water partition coefficient (Wildman–Crippen LogP) is -0.845. The molecule has 138 valence electrons. The van der Waals surface area contributed by atoms with Gasteiger partial charge in [0.2, 0.25) is 0 Å². The van der Waals surface area contributed by atoms with Gasteiger partial charge in [0, 0.05) is 18.2 Å². The third kappa shape index (κ3) is 3.51. The summed E-state index contributed by atoms with van der Waals surface area (Å²) in [5, 5.41) is 44.0. The second-order valence-electron chi connectivity index (χ2n) is 6.56. The van der Waals surface area contributed by atoms with E-state index >= 15 is 0 Å². The van der Waals surface area contributed by atoms with Crippen molar-refractivity contribution in [1.29, 1.82) is 0 Å². The average molecular weight is 354 g/mol. The summed E-state index contributed by atoms with van der Waals surface area (Å²) in [7, 11) is 0. The van der Waals surface area contributed by atoms with Gasteiger partial charge in [-0.2, -0.15) is 4.57 Å². The Morgan fingerprint density at radius 1 is 1.24 bits per heavy atom. The molecule has 9 heteroatoms. The van der Waals surface area contributed by atoms with E-state index in [1.165, 1.54) is 5.01 Å². The highest BCUT2D eigenvalue weighted by atomic mass is 16.6. The summed E-state index contributed by atoms with van der Waals surface area (Å²) in [6, 6.07) is 3.48. The summed E-state index contributed by atoms with van der Waals surface area (Å²) >= 11 is 0. The van der Waals surface area contributed by atoms with Crippen LogP contribution in [-0.2, 0) is 4.74 Å². The average Bonchev–Trinajstić information content (AvgIpc) is 2.66. The number of aliphatic hydroxyl groups is 4. The van der Waals surface area contributed by atoms with Crippen LogP contribution in [0, 0.1) is 4.91 Å². The van der Waals surface area contributed by atoms with E-state index in [0.29, 0.717) is 6.54 Å². The number of aromatic nitrogens is 1. The zero-order chi connectivity index (χ0) is 18.0. The number of hydrogen-bond donors (Lipinski definition) is 4. The summed E-state index contributed by atoms with van der Waals surface area (Å²) < 4.78 is 7.14. The number of ether oxygens (including phenoxy) is 1. The van der Waals surface area contributed by atoms with Crippen LogP contribution < -0.4 is 4.57 Å². The third-order valence-electron chi connectivity index (χ3n) is 4.97. The molecule has 2 aliphatic heterocycles. The molecule has 0 saturated carbocycles. The fourth-order valence-electron chi connectivity index (χ4n) is 3.55. The Balaban J connectivity index is 1.86. The normalized spacial score (nSPS) is 36.2. The summed E-state index contributed by atoms with van der Waals surface area (Å²) in [5.74, 6) is 0. The van der Waals surface area contributed by atoms with Gasteiger partial charge < -0.3 is 25.2 Å². The number of pyridine rings is 1. The maximum Gasteiger partial charge on any atom is 0.292 e. The minimum atomic E-state index is -1.44. The Labute approximate surface area is 145 Å². The molecule has 25 heavy (non-hydrogen) atoms. The Bertz CT molecular complexity index is 601. The molecule has 2 saturated heterocycles. The number of aliphatic hydroxyl groups excluding tert-OH is 4. The van der Waals surface area contributed by atoms with Crippen LogP contribution in [0.5, 0.6) is 0 Å². The molecule has 2 aliphatic rings. The summed E-state index contributed by atoms with van der Waals surface area (Å²) in [6.07, 6.45) is -0.0110. The molecule has 6 unspecified atom stereocenters. The minimum Gasteiger partial charge on any atom is -0.394 e. The fraction of sp³-hybridized carbons (Fsp3) is 0.688. The number of nitrogens with zero attached hydrogens (tertiary/aromatic N) is 3. The molecule has 0 spiro atoms. The lowest BCUT2D eigenvalue weighted by Gasteiger charge is -2.37. The van der Waals surface area contributed by atoms with Crippen molar-refractivity contribution in [3.05, 3.63) is 35.0 Å². The van der Waals surface area contributed by atoms with Gasteiger partial charge in [-0.3, -0.25) is 5.01 Å². The number of rotatable bonds is 4. The highest BCUT2D eigenvalue weighted by Crippen LogP contribution is 2.31. The third-order valence-corrected chi connectivity index (χ3v) is 4.97. The van der Waals surface area contributed by atoms with Gasteiger partial charge in [-0.15, -0.1) is 4.91 Å². The molecule has 1 aromatic heterocycles. The largest absolute Gasteiger partial charge is 0.394 e. The minimum absolute atomic E-state index is 0.149. The fourth-order valence-corrected chi connectivity index (χ4v) is 3.55. The van der Waals surface area contributed by atoms with Gasteiger partial charge in [-0.05, 0) is 25.3 Å². The quantitative estimate of drug-likeness (QED) is 0.410. The van der Waals surface area contributed by atoms with E-state index in [0.717, 1.165) is 24.8 Å². The van der Waals surface area contributed by atoms with E-state index in [-0.39, 0.29) is 6.04 Å². The molecule has 0 aliphatic carbocycles. The van der Waals surface area contributed by atoms with Crippen molar-refractivity contribution in [1.82, 2.24) is 5.01 Å². The lowest BCUT2D eigenvalue weighted by molar-refractivity contribution is -0.778. The van der Waals surface area contributed by atoms with Crippen molar-refractivity contribution in [3.63, 3.8) is 0 Å². The smallest absolute Gasteiger partial charge is 0.292 e. The molecule has 4 N–H and O–H groups in total. The maximum absolute atomic E-state index is 11.1. The van der Waals surface area contributed by atoms with E-state index in [9.17, 15) is 25.3 Å². The standard InChI is InChI=1S/C16H24N3O6/c20-9-12-13(21)14(22)15(23)16(25-12)18-6-3-4-10(8-18)11-5-1-2-7-19(11)17-24/h3-4,6,8,11-16,20-23H,1-2,5,7,9H2/q+1. The first-order valence-electron chi connectivity index (χ1n) is 8.48. The number of nitroso groups, excluding NO2 is 1. The number of hydrogen-bond acceptors (Lipinski definition) is 7. The van der Waals surface area contributed by atoms with Crippen molar-refractivity contribution in [2.45, 2.75) is 55.9 Å². The van der Waals surface area contributed by atoms with Crippen molar-refractivity contribution < 1.29 is 29.7 Å². The first-order chi connectivity index (χ1) is 12.1. The van der Waals surface area contributed by atoms with Gasteiger partial charge >= 0.3 is 0 Å². The summed E-state index contributed by atoms with van der Waals surface area (Å²) in [5.41, 5.74) is 0.846. The molecule has 0 bridgehead atoms. The SMILES string of the molecule is O=NN1CCCCC1c1ccc[n+](C2OC(CO)C(O)C(O)C2O)c1. The van der Waals surface area contributed by atoms with E-state index in [4.69, 9.17) is 4.74 Å². The Morgan fingerprint density at radius 2 is 2.04 bits per heavy atom. The maximum atomic E-state index is 11.1. The molecule has 3 rings (SSSR count). The van der Waals surface area contributed by atoms with Crippen LogP contribution in [0.3, 0.4) is 0 Å². The molecule has 0 radical (unpaired) electrons. The monoisotopic (exact) mass is 354 g/mol. The van der Waals surface area contributed by atoms with Crippen LogP contribution >= 0.6 is 0 Å². The zero-order valence-electron chi connectivity index (χ0n) is 13.8. The molecular formula is C16H24N3O6+. The summed E-state index contributed by atoms with van der Waals surface area (Å²) in [6.45, 7) is 0.121. The zero-order valence-corrected chi connectivity index (χ0v) is 13.8. The van der Waals surface area contributed by atoms with Crippen LogP contribution in [0.25, 0.3) is 0 Å². The van der Waals surface area contributed by atoms with Crippen molar-refractivity contribution in [2.75, 3.05) is 13.2 Å². The van der Waals surface area contributed by atoms with Gasteiger partial charge in [0.05, 0.1) is 17.9 Å². The van der Waals surface area contributed by atoms with Crippen LogP contribution in [0.1, 0.15) is 37.1 Å². The first kappa shape index (κ1) is 18.2. The van der Waals surface area contributed by atoms with Crippen molar-refractivity contribution in [3.8, 4) is 0 Å². The number of piperidine rings is 1. The highest BCUT2D eigenvalue weighted by Gasteiger charge is 2.48. The molecular weight excluding hydrogens is 330 g/mol. The second-order valence-corrected chi connectivity index (χ2v) is 6.56.